The van der Waals surface area contributed by atoms with Crippen molar-refractivity contribution in [3.63, 3.8) is 0 Å². The van der Waals surface area contributed by atoms with Gasteiger partial charge in [-0.05, 0) is 29.7 Å². The van der Waals surface area contributed by atoms with Crippen LogP contribution in [0, 0.1) is 5.82 Å². The number of ketones is 1. The van der Waals surface area contributed by atoms with Crippen molar-refractivity contribution in [3.8, 4) is 5.75 Å². The Bertz CT molecular complexity index is 514. The van der Waals surface area contributed by atoms with E-state index >= 15 is 0 Å². The maximum atomic E-state index is 13.3. The number of carbonyl (C=O) groups excluding carboxylic acids is 1. The van der Waals surface area contributed by atoms with Crippen molar-refractivity contribution in [3.05, 3.63) is 40.7 Å². The first-order chi connectivity index (χ1) is 7.72. The van der Waals surface area contributed by atoms with E-state index in [4.69, 9.17) is 4.74 Å². The summed E-state index contributed by atoms with van der Waals surface area (Å²) in [6, 6.07) is 4.02. The van der Waals surface area contributed by atoms with Gasteiger partial charge in [-0.2, -0.15) is 0 Å². The van der Waals surface area contributed by atoms with E-state index in [9.17, 15) is 9.18 Å². The number of rotatable bonds is 3. The van der Waals surface area contributed by atoms with Crippen LogP contribution in [0.25, 0.3) is 0 Å². The van der Waals surface area contributed by atoms with Crippen LogP contribution in [0.1, 0.15) is 16.1 Å². The molecule has 0 aliphatic carbocycles. The van der Waals surface area contributed by atoms with E-state index < -0.39 is 5.82 Å². The van der Waals surface area contributed by atoms with E-state index in [2.05, 4.69) is 9.59 Å². The van der Waals surface area contributed by atoms with Gasteiger partial charge in [-0.3, -0.25) is 4.79 Å². The van der Waals surface area contributed by atoms with Gasteiger partial charge in [-0.25, -0.2) is 4.39 Å². The van der Waals surface area contributed by atoms with Gasteiger partial charge >= 0.3 is 0 Å². The number of methoxy groups -OCH3 is 1. The van der Waals surface area contributed by atoms with Crippen molar-refractivity contribution >= 4 is 17.3 Å². The first-order valence-electron chi connectivity index (χ1n) is 4.37. The highest BCUT2D eigenvalue weighted by Crippen LogP contribution is 2.19. The van der Waals surface area contributed by atoms with Crippen molar-refractivity contribution < 1.29 is 13.9 Å². The summed E-state index contributed by atoms with van der Waals surface area (Å²) in [5.74, 6) is -0.820. The largest absolute Gasteiger partial charge is 0.494 e. The van der Waals surface area contributed by atoms with E-state index in [1.54, 1.807) is 0 Å². The molecule has 0 saturated heterocycles. The van der Waals surface area contributed by atoms with Gasteiger partial charge in [0, 0.05) is 10.9 Å². The van der Waals surface area contributed by atoms with Crippen LogP contribution >= 0.6 is 11.5 Å². The highest BCUT2D eigenvalue weighted by molar-refractivity contribution is 7.03. The average molecular weight is 238 g/mol. The number of ether oxygens (including phenoxy) is 1. The van der Waals surface area contributed by atoms with Gasteiger partial charge in [0.25, 0.3) is 0 Å². The Morgan fingerprint density at radius 1 is 1.50 bits per heavy atom. The first kappa shape index (κ1) is 10.7. The molecule has 0 spiro atoms. The summed E-state index contributed by atoms with van der Waals surface area (Å²) in [6.07, 6.45) is 0. The lowest BCUT2D eigenvalue weighted by atomic mass is 10.1. The molecule has 82 valence electrons. The van der Waals surface area contributed by atoms with E-state index in [0.717, 1.165) is 17.6 Å². The molecule has 2 aromatic rings. The van der Waals surface area contributed by atoms with Crippen LogP contribution in [0.4, 0.5) is 4.39 Å². The molecule has 2 rings (SSSR count). The predicted molar refractivity (Wildman–Crippen MR) is 56.3 cm³/mol. The molecular formula is C10H7FN2O2S. The summed E-state index contributed by atoms with van der Waals surface area (Å²) in [6.45, 7) is 0. The third kappa shape index (κ3) is 1.92. The molecule has 1 aromatic carbocycles. The Morgan fingerprint density at radius 2 is 2.31 bits per heavy atom. The lowest BCUT2D eigenvalue weighted by Gasteiger charge is -2.02. The second kappa shape index (κ2) is 4.36. The molecule has 1 aromatic heterocycles. The molecule has 4 nitrogen and oxygen atoms in total. The normalized spacial score (nSPS) is 10.1. The van der Waals surface area contributed by atoms with Gasteiger partial charge in [-0.1, -0.05) is 4.49 Å². The fourth-order valence-corrected chi connectivity index (χ4v) is 1.66. The quantitative estimate of drug-likeness (QED) is 0.766. The molecule has 0 radical (unpaired) electrons. The van der Waals surface area contributed by atoms with Gasteiger partial charge in [0.15, 0.2) is 11.6 Å². The van der Waals surface area contributed by atoms with Crippen molar-refractivity contribution in [2.45, 2.75) is 0 Å². The van der Waals surface area contributed by atoms with Gasteiger partial charge < -0.3 is 4.74 Å². The summed E-state index contributed by atoms with van der Waals surface area (Å²) in [5, 5.41) is 5.15. The van der Waals surface area contributed by atoms with Crippen LogP contribution in [0.3, 0.4) is 0 Å². The monoisotopic (exact) mass is 238 g/mol. The molecule has 6 heteroatoms. The molecule has 0 N–H and O–H groups in total. The highest BCUT2D eigenvalue weighted by atomic mass is 32.1. The van der Waals surface area contributed by atoms with Crippen molar-refractivity contribution in [2.24, 2.45) is 0 Å². The van der Waals surface area contributed by atoms with Crippen molar-refractivity contribution in [2.75, 3.05) is 7.11 Å². The lowest BCUT2D eigenvalue weighted by Crippen LogP contribution is -2.03. The second-order valence-corrected chi connectivity index (χ2v) is 3.58. The maximum absolute atomic E-state index is 13.3. The number of carbonyl (C=O) groups is 1. The zero-order valence-electron chi connectivity index (χ0n) is 8.31. The molecule has 0 amide bonds. The molecule has 0 unspecified atom stereocenters. The van der Waals surface area contributed by atoms with Crippen LogP contribution in [0.15, 0.2) is 23.6 Å². The summed E-state index contributed by atoms with van der Waals surface area (Å²) in [4.78, 5) is 11.8. The second-order valence-electron chi connectivity index (χ2n) is 2.97. The van der Waals surface area contributed by atoms with Gasteiger partial charge in [0.1, 0.15) is 5.69 Å². The van der Waals surface area contributed by atoms with Crippen LogP contribution in [-0.2, 0) is 0 Å². The molecule has 0 fully saturated rings. The van der Waals surface area contributed by atoms with Crippen LogP contribution in [0.5, 0.6) is 5.75 Å². The Labute approximate surface area is 94.8 Å². The number of hydrogen-bond acceptors (Lipinski definition) is 5. The zero-order valence-corrected chi connectivity index (χ0v) is 9.12. The van der Waals surface area contributed by atoms with Crippen molar-refractivity contribution in [1.29, 1.82) is 0 Å². The van der Waals surface area contributed by atoms with E-state index in [0.29, 0.717) is 0 Å². The topological polar surface area (TPSA) is 52.1 Å². The summed E-state index contributed by atoms with van der Waals surface area (Å²) >= 11 is 1.07. The van der Waals surface area contributed by atoms with Crippen LogP contribution in [0.2, 0.25) is 0 Å². The van der Waals surface area contributed by atoms with E-state index in [1.807, 2.05) is 0 Å². The van der Waals surface area contributed by atoms with Crippen LogP contribution in [-0.4, -0.2) is 22.5 Å². The lowest BCUT2D eigenvalue weighted by molar-refractivity contribution is 0.103. The number of nitrogens with zero attached hydrogens (tertiary/aromatic N) is 2. The third-order valence-electron chi connectivity index (χ3n) is 2.01. The minimum absolute atomic E-state index is 0.105. The average Bonchev–Trinajstić information content (AvgIpc) is 2.81. The number of aromatic nitrogens is 2. The van der Waals surface area contributed by atoms with E-state index in [-0.39, 0.29) is 22.8 Å². The summed E-state index contributed by atoms with van der Waals surface area (Å²) < 4.78 is 21.7. The molecule has 16 heavy (non-hydrogen) atoms. The summed E-state index contributed by atoms with van der Waals surface area (Å²) in [7, 11) is 1.37. The van der Waals surface area contributed by atoms with Gasteiger partial charge in [-0.15, -0.1) is 5.10 Å². The zero-order chi connectivity index (χ0) is 11.5. The Morgan fingerprint density at radius 3 is 2.88 bits per heavy atom. The number of halogens is 1. The molecular weight excluding hydrogens is 231 g/mol. The molecule has 0 saturated carbocycles. The third-order valence-corrected chi connectivity index (χ3v) is 2.51. The van der Waals surface area contributed by atoms with Gasteiger partial charge in [0.05, 0.1) is 7.11 Å². The van der Waals surface area contributed by atoms with Crippen molar-refractivity contribution in [1.82, 2.24) is 9.59 Å². The first-order valence-corrected chi connectivity index (χ1v) is 5.21. The Hall–Kier alpha value is -1.82. The molecule has 1 heterocycles. The SMILES string of the molecule is COc1ccc(C(=O)c2csnn2)cc1F. The van der Waals surface area contributed by atoms with Gasteiger partial charge in [0.2, 0.25) is 5.78 Å². The number of hydrogen-bond donors (Lipinski definition) is 0. The molecule has 0 atom stereocenters. The summed E-state index contributed by atoms with van der Waals surface area (Å²) in [5.41, 5.74) is 0.445. The minimum atomic E-state index is -0.573. The predicted octanol–water partition coefficient (Wildman–Crippen LogP) is 1.92. The molecule has 0 aliphatic heterocycles. The fraction of sp³-hybridized carbons (Fsp3) is 0.100. The standard InChI is InChI=1S/C10H7FN2O2S/c1-15-9-3-2-6(4-7(9)11)10(14)8-5-16-13-12-8/h2-5H,1H3. The van der Waals surface area contributed by atoms with Crippen LogP contribution < -0.4 is 4.74 Å². The highest BCUT2D eigenvalue weighted by Gasteiger charge is 2.14. The molecule has 0 bridgehead atoms. The number of benzene rings is 1. The maximum Gasteiger partial charge on any atom is 0.214 e. The Balaban J connectivity index is 2.35. The van der Waals surface area contributed by atoms with E-state index in [1.165, 1.54) is 24.6 Å². The Kier molecular flexibility index (Phi) is 2.91. The fourth-order valence-electron chi connectivity index (χ4n) is 1.22. The minimum Gasteiger partial charge on any atom is -0.494 e. The smallest absolute Gasteiger partial charge is 0.214 e. The molecule has 0 aliphatic rings.